The van der Waals surface area contributed by atoms with Gasteiger partial charge in [0.15, 0.2) is 0 Å². The Morgan fingerprint density at radius 1 is 1.18 bits per heavy atom. The minimum atomic E-state index is 0.294. The van der Waals surface area contributed by atoms with Crippen molar-refractivity contribution < 1.29 is 4.74 Å². The molecule has 3 aromatic heterocycles. The van der Waals surface area contributed by atoms with Gasteiger partial charge in [-0.1, -0.05) is 13.8 Å². The van der Waals surface area contributed by atoms with Crippen molar-refractivity contribution >= 4 is 37.6 Å². The lowest BCUT2D eigenvalue weighted by Gasteiger charge is -2.20. The number of pyridine rings is 1. The summed E-state index contributed by atoms with van der Waals surface area (Å²) in [7, 11) is 0. The van der Waals surface area contributed by atoms with Crippen molar-refractivity contribution in [3.63, 3.8) is 0 Å². The minimum Gasteiger partial charge on any atom is -0.376 e. The van der Waals surface area contributed by atoms with Crippen LogP contribution in [0.1, 0.15) is 56.4 Å². The van der Waals surface area contributed by atoms with Crippen LogP contribution in [0.15, 0.2) is 6.33 Å². The number of anilines is 1. The molecule has 5 rings (SSSR count). The molecule has 1 unspecified atom stereocenters. The molecule has 5 nitrogen and oxygen atoms in total. The first-order chi connectivity index (χ1) is 13.7. The maximum Gasteiger partial charge on any atom is 0.147 e. The molecule has 0 saturated carbocycles. The maximum absolute atomic E-state index is 5.76. The van der Waals surface area contributed by atoms with Crippen LogP contribution in [0, 0.1) is 5.92 Å². The molecule has 0 bridgehead atoms. The highest BCUT2D eigenvalue weighted by Gasteiger charge is 2.24. The summed E-state index contributed by atoms with van der Waals surface area (Å²) in [6.45, 7) is 6.25. The van der Waals surface area contributed by atoms with Crippen molar-refractivity contribution in [1.82, 2.24) is 15.0 Å². The summed E-state index contributed by atoms with van der Waals surface area (Å²) < 4.78 is 6.89. The molecule has 4 heterocycles. The highest BCUT2D eigenvalue weighted by atomic mass is 32.1. The minimum absolute atomic E-state index is 0.294. The Morgan fingerprint density at radius 3 is 2.82 bits per heavy atom. The second-order valence-corrected chi connectivity index (χ2v) is 9.52. The van der Waals surface area contributed by atoms with Crippen LogP contribution in [0.3, 0.4) is 0 Å². The summed E-state index contributed by atoms with van der Waals surface area (Å²) >= 11 is 1.75. The van der Waals surface area contributed by atoms with E-state index in [-0.39, 0.29) is 0 Å². The molecule has 0 amide bonds. The summed E-state index contributed by atoms with van der Waals surface area (Å²) in [5.41, 5.74) is 5.39. The summed E-state index contributed by atoms with van der Waals surface area (Å²) in [5, 5.41) is 4.81. The largest absolute Gasteiger partial charge is 0.376 e. The summed E-state index contributed by atoms with van der Waals surface area (Å²) in [5.74, 6) is 1.55. The fourth-order valence-electron chi connectivity index (χ4n) is 4.64. The number of hydrogen-bond acceptors (Lipinski definition) is 6. The third-order valence-electron chi connectivity index (χ3n) is 5.93. The Kier molecular flexibility index (Phi) is 4.93. The standard InChI is InChI=1S/C22H28N4OS/c1-13(2)10-17-15-7-3-4-8-16(15)18-19-20(28-22(18)26-17)21(25-12-24-19)23-11-14-6-5-9-27-14/h12-14H,3-11H2,1-2H3,(H,23,24,25). The lowest BCUT2D eigenvalue weighted by atomic mass is 9.87. The fraction of sp³-hybridized carbons (Fsp3) is 0.591. The molecule has 1 atom stereocenters. The number of hydrogen-bond donors (Lipinski definition) is 1. The first-order valence-electron chi connectivity index (χ1n) is 10.6. The van der Waals surface area contributed by atoms with Gasteiger partial charge in [-0.2, -0.15) is 0 Å². The number of aromatic nitrogens is 3. The van der Waals surface area contributed by atoms with Crippen LogP contribution >= 0.6 is 11.3 Å². The van der Waals surface area contributed by atoms with E-state index in [0.29, 0.717) is 12.0 Å². The SMILES string of the molecule is CC(C)Cc1nc2sc3c(NCC4CCCO4)ncnc3c2c2c1CCCC2. The molecule has 1 saturated heterocycles. The Bertz CT molecular complexity index is 1010. The van der Waals surface area contributed by atoms with Crippen LogP contribution in [0.4, 0.5) is 5.82 Å². The van der Waals surface area contributed by atoms with Gasteiger partial charge in [0.1, 0.15) is 17.0 Å². The van der Waals surface area contributed by atoms with E-state index in [0.717, 1.165) is 66.1 Å². The molecule has 0 radical (unpaired) electrons. The van der Waals surface area contributed by atoms with Gasteiger partial charge in [-0.25, -0.2) is 15.0 Å². The summed E-state index contributed by atoms with van der Waals surface area (Å²) in [6.07, 6.45) is 10.2. The molecule has 28 heavy (non-hydrogen) atoms. The van der Waals surface area contributed by atoms with Gasteiger partial charge in [0.05, 0.1) is 16.3 Å². The van der Waals surface area contributed by atoms with E-state index >= 15 is 0 Å². The van der Waals surface area contributed by atoms with Crippen molar-refractivity contribution in [3.05, 3.63) is 23.1 Å². The third kappa shape index (κ3) is 3.26. The smallest absolute Gasteiger partial charge is 0.147 e. The molecule has 1 N–H and O–H groups in total. The van der Waals surface area contributed by atoms with E-state index in [4.69, 9.17) is 14.7 Å². The van der Waals surface area contributed by atoms with E-state index in [1.165, 1.54) is 35.0 Å². The van der Waals surface area contributed by atoms with Gasteiger partial charge in [-0.05, 0) is 62.0 Å². The lowest BCUT2D eigenvalue weighted by Crippen LogP contribution is -2.18. The molecule has 1 fully saturated rings. The first kappa shape index (κ1) is 18.3. The number of nitrogens with zero attached hydrogens (tertiary/aromatic N) is 3. The van der Waals surface area contributed by atoms with Crippen molar-refractivity contribution in [3.8, 4) is 0 Å². The van der Waals surface area contributed by atoms with Crippen LogP contribution in [0.2, 0.25) is 0 Å². The average Bonchev–Trinajstić information content (AvgIpc) is 3.33. The fourth-order valence-corrected chi connectivity index (χ4v) is 5.78. The van der Waals surface area contributed by atoms with Crippen LogP contribution < -0.4 is 5.32 Å². The van der Waals surface area contributed by atoms with Gasteiger partial charge in [0, 0.05) is 24.2 Å². The van der Waals surface area contributed by atoms with Gasteiger partial charge >= 0.3 is 0 Å². The average molecular weight is 397 g/mol. The number of ether oxygens (including phenoxy) is 1. The number of thiophene rings is 1. The summed E-state index contributed by atoms with van der Waals surface area (Å²) in [6, 6.07) is 0. The molecule has 0 spiro atoms. The third-order valence-corrected chi connectivity index (χ3v) is 7.01. The predicted molar refractivity (Wildman–Crippen MR) is 115 cm³/mol. The topological polar surface area (TPSA) is 59.9 Å². The molecular weight excluding hydrogens is 368 g/mol. The highest BCUT2D eigenvalue weighted by molar-refractivity contribution is 7.26. The van der Waals surface area contributed by atoms with E-state index < -0.39 is 0 Å². The number of nitrogens with one attached hydrogen (secondary N) is 1. The van der Waals surface area contributed by atoms with Crippen molar-refractivity contribution in [2.24, 2.45) is 5.92 Å². The lowest BCUT2D eigenvalue weighted by molar-refractivity contribution is 0.120. The second-order valence-electron chi connectivity index (χ2n) is 8.52. The Labute approximate surface area is 169 Å². The van der Waals surface area contributed by atoms with Crippen molar-refractivity contribution in [2.75, 3.05) is 18.5 Å². The van der Waals surface area contributed by atoms with Crippen LogP contribution in [0.25, 0.3) is 20.4 Å². The molecule has 0 aromatic carbocycles. The molecule has 3 aromatic rings. The number of fused-ring (bicyclic) bond motifs is 5. The van der Waals surface area contributed by atoms with Gasteiger partial charge in [-0.3, -0.25) is 0 Å². The Morgan fingerprint density at radius 2 is 2.04 bits per heavy atom. The zero-order chi connectivity index (χ0) is 19.1. The maximum atomic E-state index is 5.76. The van der Waals surface area contributed by atoms with Gasteiger partial charge in [-0.15, -0.1) is 11.3 Å². The molecular formula is C22H28N4OS. The molecule has 2 aliphatic rings. The zero-order valence-electron chi connectivity index (χ0n) is 16.8. The Balaban J connectivity index is 1.61. The quantitative estimate of drug-likeness (QED) is 0.664. The monoisotopic (exact) mass is 396 g/mol. The Hall–Kier alpha value is -1.79. The zero-order valence-corrected chi connectivity index (χ0v) is 17.6. The van der Waals surface area contributed by atoms with Gasteiger partial charge in [0.2, 0.25) is 0 Å². The molecule has 148 valence electrons. The molecule has 1 aliphatic heterocycles. The second kappa shape index (κ2) is 7.56. The van der Waals surface area contributed by atoms with E-state index in [2.05, 4.69) is 24.1 Å². The summed E-state index contributed by atoms with van der Waals surface area (Å²) in [4.78, 5) is 15.5. The molecule has 1 aliphatic carbocycles. The number of rotatable bonds is 5. The predicted octanol–water partition coefficient (Wildman–Crippen LogP) is 4.91. The van der Waals surface area contributed by atoms with Crippen LogP contribution in [0.5, 0.6) is 0 Å². The molecule has 6 heteroatoms. The van der Waals surface area contributed by atoms with E-state index in [1.807, 2.05) is 0 Å². The van der Waals surface area contributed by atoms with E-state index in [1.54, 1.807) is 17.7 Å². The number of aryl methyl sites for hydroxylation is 1. The first-order valence-corrected chi connectivity index (χ1v) is 11.5. The van der Waals surface area contributed by atoms with Gasteiger partial charge in [0.25, 0.3) is 0 Å². The van der Waals surface area contributed by atoms with Gasteiger partial charge < -0.3 is 10.1 Å². The normalized spacial score (nSPS) is 19.6. The van der Waals surface area contributed by atoms with Crippen LogP contribution in [-0.2, 0) is 24.0 Å². The highest BCUT2D eigenvalue weighted by Crippen LogP contribution is 2.41. The van der Waals surface area contributed by atoms with E-state index in [9.17, 15) is 0 Å². The van der Waals surface area contributed by atoms with Crippen molar-refractivity contribution in [1.29, 1.82) is 0 Å². The van der Waals surface area contributed by atoms with Crippen LogP contribution in [-0.4, -0.2) is 34.2 Å². The van der Waals surface area contributed by atoms with Crippen molar-refractivity contribution in [2.45, 2.75) is 64.9 Å².